The normalized spacial score (nSPS) is 15.5. The zero-order chi connectivity index (χ0) is 16.8. The highest BCUT2D eigenvalue weighted by Crippen LogP contribution is 2.22. The fourth-order valence-electron chi connectivity index (χ4n) is 3.51. The molecule has 3 rings (SSSR count). The molecule has 2 aromatic rings. The van der Waals surface area contributed by atoms with Gasteiger partial charge in [0.25, 0.3) is 0 Å². The van der Waals surface area contributed by atoms with E-state index in [1.165, 1.54) is 11.1 Å². The third-order valence-corrected chi connectivity index (χ3v) is 5.12. The van der Waals surface area contributed by atoms with Crippen LogP contribution < -0.4 is 0 Å². The predicted molar refractivity (Wildman–Crippen MR) is 99.0 cm³/mol. The second-order valence-electron chi connectivity index (χ2n) is 6.86. The lowest BCUT2D eigenvalue weighted by molar-refractivity contribution is -0.131. The number of carbonyl (C=O) groups excluding carboxylic acids is 1. The molecule has 0 aliphatic carbocycles. The van der Waals surface area contributed by atoms with Gasteiger partial charge in [-0.1, -0.05) is 61.5 Å². The molecule has 2 nitrogen and oxygen atoms in total. The maximum atomic E-state index is 12.5. The summed E-state index contributed by atoms with van der Waals surface area (Å²) in [4.78, 5) is 14.6. The van der Waals surface area contributed by atoms with Gasteiger partial charge in [0.05, 0.1) is 6.42 Å². The van der Waals surface area contributed by atoms with Crippen LogP contribution in [0.3, 0.4) is 0 Å². The summed E-state index contributed by atoms with van der Waals surface area (Å²) in [5.74, 6) is 0.984. The molecule has 2 aromatic carbocycles. The van der Waals surface area contributed by atoms with E-state index in [1.807, 2.05) is 0 Å². The van der Waals surface area contributed by atoms with Crippen molar-refractivity contribution in [2.75, 3.05) is 13.1 Å². The first-order valence-electron chi connectivity index (χ1n) is 9.14. The Labute approximate surface area is 145 Å². The van der Waals surface area contributed by atoms with Crippen LogP contribution in [0.5, 0.6) is 0 Å². The Morgan fingerprint density at radius 1 is 0.917 bits per heavy atom. The molecule has 2 heteroatoms. The minimum absolute atomic E-state index is 0.275. The van der Waals surface area contributed by atoms with Crippen molar-refractivity contribution < 1.29 is 4.79 Å². The molecule has 1 amide bonds. The van der Waals surface area contributed by atoms with Gasteiger partial charge in [-0.25, -0.2) is 0 Å². The van der Waals surface area contributed by atoms with Crippen LogP contribution in [0.2, 0.25) is 0 Å². The Morgan fingerprint density at radius 2 is 1.54 bits per heavy atom. The number of hydrogen-bond acceptors (Lipinski definition) is 1. The molecule has 0 saturated carbocycles. The number of aryl methyl sites for hydroxylation is 1. The Bertz CT molecular complexity index is 639. The summed E-state index contributed by atoms with van der Waals surface area (Å²) in [6, 6.07) is 19.2. The third kappa shape index (κ3) is 4.47. The zero-order valence-electron chi connectivity index (χ0n) is 14.6. The minimum Gasteiger partial charge on any atom is -0.342 e. The lowest BCUT2D eigenvalue weighted by atomic mass is 9.90. The number of amides is 1. The maximum Gasteiger partial charge on any atom is 0.226 e. The van der Waals surface area contributed by atoms with E-state index >= 15 is 0 Å². The van der Waals surface area contributed by atoms with Crippen molar-refractivity contribution >= 4 is 5.91 Å². The van der Waals surface area contributed by atoms with Gasteiger partial charge in [0.15, 0.2) is 0 Å². The molecule has 1 heterocycles. The Kier molecular flexibility index (Phi) is 5.68. The second kappa shape index (κ2) is 8.14. The second-order valence-corrected chi connectivity index (χ2v) is 6.86. The van der Waals surface area contributed by atoms with Gasteiger partial charge in [-0.3, -0.25) is 4.79 Å². The van der Waals surface area contributed by atoms with Gasteiger partial charge in [0, 0.05) is 13.1 Å². The summed E-state index contributed by atoms with van der Waals surface area (Å²) in [5, 5.41) is 0. The zero-order valence-corrected chi connectivity index (χ0v) is 14.6. The van der Waals surface area contributed by atoms with Crippen molar-refractivity contribution in [3.63, 3.8) is 0 Å². The highest BCUT2D eigenvalue weighted by atomic mass is 16.2. The van der Waals surface area contributed by atoms with E-state index in [1.54, 1.807) is 0 Å². The topological polar surface area (TPSA) is 20.3 Å². The molecule has 0 atom stereocenters. The molecule has 24 heavy (non-hydrogen) atoms. The van der Waals surface area contributed by atoms with E-state index in [0.717, 1.165) is 44.3 Å². The molecular weight excluding hydrogens is 294 g/mol. The van der Waals surface area contributed by atoms with Gasteiger partial charge in [-0.05, 0) is 48.3 Å². The number of piperidine rings is 1. The summed E-state index contributed by atoms with van der Waals surface area (Å²) in [5.41, 5.74) is 3.87. The van der Waals surface area contributed by atoms with E-state index in [9.17, 15) is 4.79 Å². The van der Waals surface area contributed by atoms with Gasteiger partial charge >= 0.3 is 0 Å². The highest BCUT2D eigenvalue weighted by molar-refractivity contribution is 5.78. The molecule has 0 unspecified atom stereocenters. The first kappa shape index (κ1) is 16.8. The molecule has 126 valence electrons. The molecule has 0 aromatic heterocycles. The summed E-state index contributed by atoms with van der Waals surface area (Å²) in [7, 11) is 0. The SMILES string of the molecule is CCc1ccc(CC(=O)N2CCC(Cc3ccccc3)CC2)cc1. The maximum absolute atomic E-state index is 12.5. The minimum atomic E-state index is 0.275. The molecule has 1 aliphatic rings. The summed E-state index contributed by atoms with van der Waals surface area (Å²) in [6.07, 6.45) is 4.96. The van der Waals surface area contributed by atoms with Gasteiger partial charge in [-0.15, -0.1) is 0 Å². The van der Waals surface area contributed by atoms with Gasteiger partial charge < -0.3 is 4.90 Å². The Balaban J connectivity index is 1.47. The summed E-state index contributed by atoms with van der Waals surface area (Å²) in [6.45, 7) is 3.96. The van der Waals surface area contributed by atoms with Gasteiger partial charge in [-0.2, -0.15) is 0 Å². The first-order chi connectivity index (χ1) is 11.7. The molecule has 0 radical (unpaired) electrons. The molecule has 1 fully saturated rings. The van der Waals surface area contributed by atoms with Crippen LogP contribution in [0.4, 0.5) is 0 Å². The number of benzene rings is 2. The van der Waals surface area contributed by atoms with E-state index < -0.39 is 0 Å². The van der Waals surface area contributed by atoms with Gasteiger partial charge in [0.2, 0.25) is 5.91 Å². The molecule has 0 spiro atoms. The van der Waals surface area contributed by atoms with Crippen LogP contribution in [0.1, 0.15) is 36.5 Å². The largest absolute Gasteiger partial charge is 0.342 e. The van der Waals surface area contributed by atoms with Crippen molar-refractivity contribution in [3.05, 3.63) is 71.3 Å². The fraction of sp³-hybridized carbons (Fsp3) is 0.409. The molecule has 1 saturated heterocycles. The molecule has 1 aliphatic heterocycles. The predicted octanol–water partition coefficient (Wildman–Crippen LogP) is 4.27. The highest BCUT2D eigenvalue weighted by Gasteiger charge is 2.22. The lowest BCUT2D eigenvalue weighted by Gasteiger charge is -2.32. The first-order valence-corrected chi connectivity index (χ1v) is 9.14. The number of likely N-dealkylation sites (tertiary alicyclic amines) is 1. The summed E-state index contributed by atoms with van der Waals surface area (Å²) < 4.78 is 0. The molecule has 0 N–H and O–H groups in total. The van der Waals surface area contributed by atoms with E-state index in [4.69, 9.17) is 0 Å². The molecular formula is C22H27NO. The van der Waals surface area contributed by atoms with E-state index in [2.05, 4.69) is 66.4 Å². The van der Waals surface area contributed by atoms with Crippen LogP contribution in [-0.4, -0.2) is 23.9 Å². The number of carbonyl (C=O) groups is 1. The monoisotopic (exact) mass is 321 g/mol. The smallest absolute Gasteiger partial charge is 0.226 e. The van der Waals surface area contributed by atoms with Crippen LogP contribution in [-0.2, 0) is 24.1 Å². The fourth-order valence-corrected chi connectivity index (χ4v) is 3.51. The lowest BCUT2D eigenvalue weighted by Crippen LogP contribution is -2.39. The van der Waals surface area contributed by atoms with Crippen LogP contribution >= 0.6 is 0 Å². The third-order valence-electron chi connectivity index (χ3n) is 5.12. The van der Waals surface area contributed by atoms with Crippen molar-refractivity contribution in [1.29, 1.82) is 0 Å². The Hall–Kier alpha value is -2.09. The van der Waals surface area contributed by atoms with E-state index in [-0.39, 0.29) is 5.91 Å². The number of rotatable bonds is 5. The number of nitrogens with zero attached hydrogens (tertiary/aromatic N) is 1. The van der Waals surface area contributed by atoms with Crippen molar-refractivity contribution in [2.24, 2.45) is 5.92 Å². The van der Waals surface area contributed by atoms with Crippen molar-refractivity contribution in [3.8, 4) is 0 Å². The standard InChI is InChI=1S/C22H27NO/c1-2-18-8-10-20(11-9-18)17-22(24)23-14-12-21(13-15-23)16-19-6-4-3-5-7-19/h3-11,21H,2,12-17H2,1H3. The van der Waals surface area contributed by atoms with Crippen molar-refractivity contribution in [2.45, 2.75) is 39.0 Å². The molecule has 0 bridgehead atoms. The summed E-state index contributed by atoms with van der Waals surface area (Å²) >= 11 is 0. The Morgan fingerprint density at radius 3 is 2.17 bits per heavy atom. The average molecular weight is 321 g/mol. The quantitative estimate of drug-likeness (QED) is 0.805. The average Bonchev–Trinajstić information content (AvgIpc) is 2.64. The van der Waals surface area contributed by atoms with Crippen LogP contribution in [0.15, 0.2) is 54.6 Å². The van der Waals surface area contributed by atoms with E-state index in [0.29, 0.717) is 12.3 Å². The van der Waals surface area contributed by atoms with Crippen LogP contribution in [0, 0.1) is 5.92 Å². The van der Waals surface area contributed by atoms with Crippen LogP contribution in [0.25, 0.3) is 0 Å². The van der Waals surface area contributed by atoms with Crippen molar-refractivity contribution in [1.82, 2.24) is 4.90 Å². The van der Waals surface area contributed by atoms with Gasteiger partial charge in [0.1, 0.15) is 0 Å². The number of hydrogen-bond donors (Lipinski definition) is 0.